The average Bonchev–Trinajstić information content (AvgIpc) is 3.15. The molecule has 2 fully saturated rings. The Morgan fingerprint density at radius 3 is 2.38 bits per heavy atom. The van der Waals surface area contributed by atoms with E-state index in [2.05, 4.69) is 4.90 Å². The van der Waals surface area contributed by atoms with Gasteiger partial charge in [-0.2, -0.15) is 0 Å². The van der Waals surface area contributed by atoms with Crippen molar-refractivity contribution in [3.63, 3.8) is 0 Å². The number of likely N-dealkylation sites (tertiary alicyclic amines) is 1. The minimum atomic E-state index is -0.314. The van der Waals surface area contributed by atoms with Crippen molar-refractivity contribution < 1.29 is 19.0 Å². The van der Waals surface area contributed by atoms with Crippen LogP contribution in [0.3, 0.4) is 0 Å². The maximum absolute atomic E-state index is 13.7. The molecule has 1 unspecified atom stereocenters. The van der Waals surface area contributed by atoms with Crippen molar-refractivity contribution in [3.8, 4) is 11.5 Å². The molecule has 5 heteroatoms. The topological polar surface area (TPSA) is 49.8 Å². The molecule has 0 aromatic heterocycles. The van der Waals surface area contributed by atoms with Gasteiger partial charge in [0.15, 0.2) is 17.3 Å². The molecule has 136 valence electrons. The molecule has 0 radical (unpaired) electrons. The lowest BCUT2D eigenvalue weighted by Crippen LogP contribution is -2.30. The molecule has 1 aliphatic carbocycles. The second kappa shape index (κ2) is 7.08. The van der Waals surface area contributed by atoms with Crippen molar-refractivity contribution in [1.29, 1.82) is 0 Å². The maximum atomic E-state index is 13.7. The largest absolute Gasteiger partial charge is 0.508 e. The molecule has 1 N–H and O–H groups in total. The number of para-hydroxylation sites is 1. The summed E-state index contributed by atoms with van der Waals surface area (Å²) < 4.78 is 19.6. The molecule has 26 heavy (non-hydrogen) atoms. The van der Waals surface area contributed by atoms with Gasteiger partial charge in [-0.3, -0.25) is 9.69 Å². The zero-order valence-corrected chi connectivity index (χ0v) is 14.5. The lowest BCUT2D eigenvalue weighted by Gasteiger charge is -2.19. The van der Waals surface area contributed by atoms with Crippen LogP contribution in [-0.2, 0) is 0 Å². The number of phenolic OH excluding ortho intramolecular Hbond substituents is 1. The van der Waals surface area contributed by atoms with E-state index < -0.39 is 0 Å². The Bertz CT molecular complexity index is 778. The van der Waals surface area contributed by atoms with Gasteiger partial charge in [0.05, 0.1) is 12.6 Å². The van der Waals surface area contributed by atoms with Crippen LogP contribution < -0.4 is 4.74 Å². The van der Waals surface area contributed by atoms with Crippen LogP contribution in [0.4, 0.5) is 4.39 Å². The third-order valence-electron chi connectivity index (χ3n) is 5.47. The first-order valence-electron chi connectivity index (χ1n) is 9.04. The van der Waals surface area contributed by atoms with Gasteiger partial charge in [0.1, 0.15) is 5.75 Å². The van der Waals surface area contributed by atoms with Crippen molar-refractivity contribution in [1.82, 2.24) is 4.90 Å². The molecule has 1 aliphatic heterocycles. The maximum Gasteiger partial charge on any atom is 0.176 e. The predicted octanol–water partition coefficient (Wildman–Crippen LogP) is 3.50. The van der Waals surface area contributed by atoms with E-state index in [1.807, 2.05) is 0 Å². The molecular weight excluding hydrogens is 333 g/mol. The third kappa shape index (κ3) is 3.58. The molecule has 0 amide bonds. The summed E-state index contributed by atoms with van der Waals surface area (Å²) in [6.07, 6.45) is 1.86. The van der Waals surface area contributed by atoms with Crippen LogP contribution >= 0.6 is 0 Å². The number of carbonyl (C=O) groups excluding carboxylic acids is 1. The highest BCUT2D eigenvalue weighted by Gasteiger charge is 2.42. The van der Waals surface area contributed by atoms with Crippen LogP contribution in [0, 0.1) is 17.7 Å². The van der Waals surface area contributed by atoms with Crippen LogP contribution in [0.1, 0.15) is 23.2 Å². The number of phenols is 1. The average molecular weight is 355 g/mol. The van der Waals surface area contributed by atoms with Gasteiger partial charge in [0.2, 0.25) is 0 Å². The Hall–Kier alpha value is -2.40. The number of ether oxygens (including phenoxy) is 1. The van der Waals surface area contributed by atoms with Gasteiger partial charge < -0.3 is 9.84 Å². The molecule has 1 heterocycles. The summed E-state index contributed by atoms with van der Waals surface area (Å²) in [6.45, 7) is 2.16. The lowest BCUT2D eigenvalue weighted by atomic mass is 10.0. The summed E-state index contributed by atoms with van der Waals surface area (Å²) in [5.41, 5.74) is 0.626. The fourth-order valence-corrected chi connectivity index (χ4v) is 4.23. The number of Topliss-reactive ketones (excluding diaryl/α,β-unsaturated/α-hetero) is 1. The van der Waals surface area contributed by atoms with Crippen LogP contribution in [0.25, 0.3) is 0 Å². The Kier molecular flexibility index (Phi) is 4.64. The number of ketones is 1. The van der Waals surface area contributed by atoms with Gasteiger partial charge in [-0.15, -0.1) is 0 Å². The predicted molar refractivity (Wildman–Crippen MR) is 95.9 cm³/mol. The number of fused-ring (bicyclic) bond motifs is 1. The number of rotatable bonds is 5. The Balaban J connectivity index is 1.30. The molecule has 1 saturated heterocycles. The minimum Gasteiger partial charge on any atom is -0.508 e. The van der Waals surface area contributed by atoms with Gasteiger partial charge >= 0.3 is 0 Å². The van der Waals surface area contributed by atoms with Crippen molar-refractivity contribution in [3.05, 3.63) is 59.9 Å². The first kappa shape index (κ1) is 17.0. The summed E-state index contributed by atoms with van der Waals surface area (Å²) in [4.78, 5) is 14.6. The fraction of sp³-hybridized carbons (Fsp3) is 0.381. The number of aromatic hydroxyl groups is 1. The molecule has 4 nitrogen and oxygen atoms in total. The molecular formula is C21H22FNO3. The fourth-order valence-electron chi connectivity index (χ4n) is 4.23. The Morgan fingerprint density at radius 1 is 1.08 bits per heavy atom. The molecule has 2 aromatic carbocycles. The quantitative estimate of drug-likeness (QED) is 0.834. The number of carbonyl (C=O) groups is 1. The summed E-state index contributed by atoms with van der Waals surface area (Å²) in [5, 5.41) is 9.32. The number of hydrogen-bond donors (Lipinski definition) is 1. The monoisotopic (exact) mass is 355 g/mol. The molecule has 3 atom stereocenters. The summed E-state index contributed by atoms with van der Waals surface area (Å²) in [5.74, 6) is 1.25. The van der Waals surface area contributed by atoms with E-state index in [-0.39, 0.29) is 23.5 Å². The third-order valence-corrected chi connectivity index (χ3v) is 5.47. The summed E-state index contributed by atoms with van der Waals surface area (Å²) in [6, 6.07) is 12.9. The van der Waals surface area contributed by atoms with Crippen molar-refractivity contribution in [2.45, 2.75) is 18.9 Å². The number of benzene rings is 2. The molecule has 0 spiro atoms. The van der Waals surface area contributed by atoms with Gasteiger partial charge in [0, 0.05) is 18.7 Å². The SMILES string of the molecule is O=C(CN1C[C@H]2CC(Oc3ccccc3F)C[C@H]2C1)c1ccc(O)cc1. The van der Waals surface area contributed by atoms with Gasteiger partial charge in [-0.05, 0) is 61.1 Å². The van der Waals surface area contributed by atoms with E-state index in [0.717, 1.165) is 25.9 Å². The highest BCUT2D eigenvalue weighted by Crippen LogP contribution is 2.40. The first-order chi connectivity index (χ1) is 12.6. The highest BCUT2D eigenvalue weighted by atomic mass is 19.1. The summed E-state index contributed by atoms with van der Waals surface area (Å²) >= 11 is 0. The van der Waals surface area contributed by atoms with Gasteiger partial charge in [-0.25, -0.2) is 4.39 Å². The zero-order valence-electron chi connectivity index (χ0n) is 14.5. The number of nitrogens with zero attached hydrogens (tertiary/aromatic N) is 1. The standard InChI is InChI=1S/C21H22FNO3/c22-19-3-1-2-4-21(19)26-18-9-15-11-23(12-16(15)10-18)13-20(25)14-5-7-17(24)8-6-14/h1-8,15-16,18,24H,9-13H2/t15-,16+,18?. The highest BCUT2D eigenvalue weighted by molar-refractivity contribution is 5.97. The van der Waals surface area contributed by atoms with Crippen LogP contribution in [0.5, 0.6) is 11.5 Å². The molecule has 0 bridgehead atoms. The first-order valence-corrected chi connectivity index (χ1v) is 9.04. The number of hydrogen-bond acceptors (Lipinski definition) is 4. The van der Waals surface area contributed by atoms with Crippen molar-refractivity contribution >= 4 is 5.78 Å². The van der Waals surface area contributed by atoms with E-state index in [0.29, 0.717) is 29.7 Å². The molecule has 2 aliphatic rings. The lowest BCUT2D eigenvalue weighted by molar-refractivity contribution is 0.0936. The minimum absolute atomic E-state index is 0.0526. The Labute approximate surface area is 152 Å². The molecule has 1 saturated carbocycles. The zero-order chi connectivity index (χ0) is 18.1. The second-order valence-electron chi connectivity index (χ2n) is 7.33. The van der Waals surface area contributed by atoms with Crippen molar-refractivity contribution in [2.75, 3.05) is 19.6 Å². The second-order valence-corrected chi connectivity index (χ2v) is 7.33. The van der Waals surface area contributed by atoms with E-state index in [4.69, 9.17) is 4.74 Å². The molecule has 4 rings (SSSR count). The van der Waals surface area contributed by atoms with Crippen LogP contribution in [-0.4, -0.2) is 41.5 Å². The van der Waals surface area contributed by atoms with E-state index in [9.17, 15) is 14.3 Å². The van der Waals surface area contributed by atoms with Gasteiger partial charge in [-0.1, -0.05) is 12.1 Å². The normalized spacial score (nSPS) is 25.2. The van der Waals surface area contributed by atoms with E-state index in [1.54, 1.807) is 30.3 Å². The molecule has 2 aromatic rings. The van der Waals surface area contributed by atoms with E-state index in [1.165, 1.54) is 18.2 Å². The van der Waals surface area contributed by atoms with Gasteiger partial charge in [0.25, 0.3) is 0 Å². The summed E-state index contributed by atoms with van der Waals surface area (Å²) in [7, 11) is 0. The van der Waals surface area contributed by atoms with Crippen molar-refractivity contribution in [2.24, 2.45) is 11.8 Å². The number of halogens is 1. The smallest absolute Gasteiger partial charge is 0.176 e. The van der Waals surface area contributed by atoms with Crippen LogP contribution in [0.2, 0.25) is 0 Å². The Morgan fingerprint density at radius 2 is 1.73 bits per heavy atom. The van der Waals surface area contributed by atoms with E-state index >= 15 is 0 Å². The van der Waals surface area contributed by atoms with Crippen LogP contribution in [0.15, 0.2) is 48.5 Å².